The van der Waals surface area contributed by atoms with E-state index in [0.29, 0.717) is 62.0 Å². The molecule has 1 aliphatic heterocycles. The molecule has 3 amide bonds. The minimum atomic E-state index is -1.04. The first-order valence-corrected chi connectivity index (χ1v) is 12.1. The molecule has 10 heteroatoms. The average molecular weight is 507 g/mol. The molecule has 10 nitrogen and oxygen atoms in total. The van der Waals surface area contributed by atoms with Gasteiger partial charge in [0.25, 0.3) is 11.8 Å². The van der Waals surface area contributed by atoms with Crippen molar-refractivity contribution >= 4 is 23.7 Å². The average Bonchev–Trinajstić information content (AvgIpc) is 2.93. The zero-order valence-electron chi connectivity index (χ0n) is 20.4. The fourth-order valence-corrected chi connectivity index (χ4v) is 4.05. The second-order valence-corrected chi connectivity index (χ2v) is 8.71. The van der Waals surface area contributed by atoms with Crippen molar-refractivity contribution in [2.75, 3.05) is 26.2 Å². The lowest BCUT2D eigenvalue weighted by Gasteiger charge is -2.34. The second kappa shape index (κ2) is 13.8. The number of carbonyl (C=O) groups excluding carboxylic acids is 3. The summed E-state index contributed by atoms with van der Waals surface area (Å²) in [5, 5.41) is 23.4. The number of carboxylic acid groups (broad SMARTS) is 1. The molecule has 1 atom stereocenters. The number of amides is 3. The van der Waals surface area contributed by atoms with E-state index in [1.807, 2.05) is 12.1 Å². The summed E-state index contributed by atoms with van der Waals surface area (Å²) >= 11 is 0. The highest BCUT2D eigenvalue weighted by atomic mass is 16.5. The van der Waals surface area contributed by atoms with Crippen LogP contribution < -0.4 is 10.6 Å². The summed E-state index contributed by atoms with van der Waals surface area (Å²) in [6.07, 6.45) is 1.54. The van der Waals surface area contributed by atoms with Crippen LogP contribution in [0.3, 0.4) is 0 Å². The van der Waals surface area contributed by atoms with E-state index in [-0.39, 0.29) is 24.5 Å². The van der Waals surface area contributed by atoms with E-state index in [4.69, 9.17) is 15.1 Å². The predicted octanol–water partition coefficient (Wildman–Crippen LogP) is 1.96. The second-order valence-electron chi connectivity index (χ2n) is 8.71. The molecule has 0 aliphatic carbocycles. The van der Waals surface area contributed by atoms with E-state index in [0.717, 1.165) is 0 Å². The van der Waals surface area contributed by atoms with Crippen LogP contribution >= 0.6 is 0 Å². The number of benzene rings is 2. The zero-order chi connectivity index (χ0) is 26.6. The van der Waals surface area contributed by atoms with Crippen molar-refractivity contribution in [3.63, 3.8) is 0 Å². The lowest BCUT2D eigenvalue weighted by atomic mass is 10.0. The Labute approximate surface area is 215 Å². The van der Waals surface area contributed by atoms with Crippen LogP contribution in [0.5, 0.6) is 0 Å². The third-order valence-corrected chi connectivity index (χ3v) is 6.07. The summed E-state index contributed by atoms with van der Waals surface area (Å²) in [7, 11) is 0. The van der Waals surface area contributed by atoms with Crippen LogP contribution in [-0.2, 0) is 14.3 Å². The molecule has 2 aromatic rings. The summed E-state index contributed by atoms with van der Waals surface area (Å²) in [6.45, 7) is 0.722. The van der Waals surface area contributed by atoms with Gasteiger partial charge in [-0.2, -0.15) is 5.26 Å². The minimum Gasteiger partial charge on any atom is -0.480 e. The first-order valence-electron chi connectivity index (χ1n) is 12.1. The van der Waals surface area contributed by atoms with Crippen LogP contribution in [-0.4, -0.2) is 72.1 Å². The molecule has 0 aromatic heterocycles. The Morgan fingerprint density at radius 2 is 1.65 bits per heavy atom. The van der Waals surface area contributed by atoms with Gasteiger partial charge in [0, 0.05) is 30.8 Å². The molecule has 37 heavy (non-hydrogen) atoms. The molecule has 0 spiro atoms. The van der Waals surface area contributed by atoms with Crippen molar-refractivity contribution in [1.29, 1.82) is 5.26 Å². The molecule has 3 N–H and O–H groups in total. The summed E-state index contributed by atoms with van der Waals surface area (Å²) in [4.78, 5) is 50.9. The largest absolute Gasteiger partial charge is 0.480 e. The number of hydrogen-bond acceptors (Lipinski definition) is 6. The quantitative estimate of drug-likeness (QED) is 0.395. The van der Waals surface area contributed by atoms with Crippen LogP contribution in [0, 0.1) is 11.3 Å². The number of nitrogens with one attached hydrogen (secondary N) is 2. The lowest BCUT2D eigenvalue weighted by Crippen LogP contribution is -2.51. The first-order chi connectivity index (χ1) is 17.9. The third kappa shape index (κ3) is 8.44. The van der Waals surface area contributed by atoms with Gasteiger partial charge in [-0.25, -0.2) is 4.79 Å². The highest BCUT2D eigenvalue weighted by Crippen LogP contribution is 2.16. The number of rotatable bonds is 11. The molecule has 1 saturated heterocycles. The maximum Gasteiger partial charge on any atom is 0.329 e. The predicted molar refractivity (Wildman–Crippen MR) is 134 cm³/mol. The van der Waals surface area contributed by atoms with Gasteiger partial charge in [-0.15, -0.1) is 0 Å². The summed E-state index contributed by atoms with van der Waals surface area (Å²) in [5.74, 6) is -1.93. The number of nitrogens with zero attached hydrogens (tertiary/aromatic N) is 2. The van der Waals surface area contributed by atoms with E-state index in [2.05, 4.69) is 10.6 Å². The molecule has 1 fully saturated rings. The fraction of sp³-hybridized carbons (Fsp3) is 0.370. The van der Waals surface area contributed by atoms with Crippen molar-refractivity contribution in [1.82, 2.24) is 15.5 Å². The van der Waals surface area contributed by atoms with Gasteiger partial charge >= 0.3 is 5.97 Å². The van der Waals surface area contributed by atoms with Gasteiger partial charge < -0.3 is 25.4 Å². The number of nitriles is 1. The molecule has 1 aliphatic rings. The van der Waals surface area contributed by atoms with Gasteiger partial charge in [-0.1, -0.05) is 18.2 Å². The van der Waals surface area contributed by atoms with Gasteiger partial charge in [0.1, 0.15) is 12.6 Å². The number of carbonyl (C=O) groups is 4. The van der Waals surface area contributed by atoms with Crippen molar-refractivity contribution < 1.29 is 29.0 Å². The number of carboxylic acids is 1. The normalized spacial score (nSPS) is 14.3. The molecular weight excluding hydrogens is 476 g/mol. The summed E-state index contributed by atoms with van der Waals surface area (Å²) in [5.41, 5.74) is 1.29. The molecule has 0 saturated carbocycles. The number of hydrogen-bond donors (Lipinski definition) is 3. The SMILES string of the molecule is N#Cc1ccc(C(=O)N[C@@H](CCCNC(=O)c2ccccc2)C(=O)N2CCC(OCC(=O)O)CC2)cc1. The number of likely N-dealkylation sites (tertiary alicyclic amines) is 1. The van der Waals surface area contributed by atoms with E-state index in [9.17, 15) is 19.2 Å². The topological polar surface area (TPSA) is 149 Å². The Morgan fingerprint density at radius 3 is 2.27 bits per heavy atom. The van der Waals surface area contributed by atoms with Crippen LogP contribution in [0.25, 0.3) is 0 Å². The number of aliphatic carboxylic acids is 1. The van der Waals surface area contributed by atoms with Gasteiger partial charge in [0.05, 0.1) is 17.7 Å². The Kier molecular flexibility index (Phi) is 10.2. The standard InChI is InChI=1S/C27H30N4O6/c28-17-19-8-10-21(11-9-19)26(35)30-23(7-4-14-29-25(34)20-5-2-1-3-6-20)27(36)31-15-12-22(13-16-31)37-18-24(32)33/h1-3,5-6,8-11,22-23H,4,7,12-16,18H2,(H,29,34)(H,30,35)(H,32,33)/t23-/m0/s1. The van der Waals surface area contributed by atoms with E-state index in [1.165, 1.54) is 24.3 Å². The monoisotopic (exact) mass is 506 g/mol. The summed E-state index contributed by atoms with van der Waals surface area (Å²) in [6, 6.07) is 16.1. The Bertz CT molecular complexity index is 1120. The highest BCUT2D eigenvalue weighted by molar-refractivity contribution is 5.97. The van der Waals surface area contributed by atoms with Crippen molar-refractivity contribution in [3.05, 3.63) is 71.3 Å². The molecule has 3 rings (SSSR count). The van der Waals surface area contributed by atoms with Crippen LogP contribution in [0.15, 0.2) is 54.6 Å². The molecule has 0 bridgehead atoms. The number of piperidine rings is 1. The van der Waals surface area contributed by atoms with Gasteiger partial charge in [-0.05, 0) is 62.1 Å². The molecule has 194 valence electrons. The first kappa shape index (κ1) is 27.4. The smallest absolute Gasteiger partial charge is 0.329 e. The van der Waals surface area contributed by atoms with Crippen LogP contribution in [0.4, 0.5) is 0 Å². The van der Waals surface area contributed by atoms with Crippen LogP contribution in [0.1, 0.15) is 52.0 Å². The summed E-state index contributed by atoms with van der Waals surface area (Å²) < 4.78 is 5.34. The van der Waals surface area contributed by atoms with Crippen molar-refractivity contribution in [2.24, 2.45) is 0 Å². The Balaban J connectivity index is 1.59. The third-order valence-electron chi connectivity index (χ3n) is 6.07. The maximum absolute atomic E-state index is 13.3. The highest BCUT2D eigenvalue weighted by Gasteiger charge is 2.30. The number of ether oxygens (including phenoxy) is 1. The van der Waals surface area contributed by atoms with E-state index in [1.54, 1.807) is 29.2 Å². The molecule has 2 aromatic carbocycles. The van der Waals surface area contributed by atoms with E-state index >= 15 is 0 Å². The van der Waals surface area contributed by atoms with Crippen LogP contribution in [0.2, 0.25) is 0 Å². The Morgan fingerprint density at radius 1 is 1.00 bits per heavy atom. The molecular formula is C27H30N4O6. The van der Waals surface area contributed by atoms with E-state index < -0.39 is 17.9 Å². The van der Waals surface area contributed by atoms with Gasteiger partial charge in [-0.3, -0.25) is 14.4 Å². The van der Waals surface area contributed by atoms with Crippen molar-refractivity contribution in [2.45, 2.75) is 37.8 Å². The maximum atomic E-state index is 13.3. The van der Waals surface area contributed by atoms with Gasteiger partial charge in [0.2, 0.25) is 5.91 Å². The molecule has 0 radical (unpaired) electrons. The van der Waals surface area contributed by atoms with Gasteiger partial charge in [0.15, 0.2) is 0 Å². The lowest BCUT2D eigenvalue weighted by molar-refractivity contribution is -0.147. The van der Waals surface area contributed by atoms with Crippen molar-refractivity contribution in [3.8, 4) is 6.07 Å². The zero-order valence-corrected chi connectivity index (χ0v) is 20.4. The Hall–Kier alpha value is -4.23. The fourth-order valence-electron chi connectivity index (χ4n) is 4.05. The molecule has 0 unspecified atom stereocenters. The molecule has 1 heterocycles. The minimum absolute atomic E-state index is 0.214.